The number of rotatable bonds is 3. The highest BCUT2D eigenvalue weighted by atomic mass is 16.5. The number of furan rings is 1. The molecule has 0 bridgehead atoms. The van der Waals surface area contributed by atoms with Gasteiger partial charge < -0.3 is 14.5 Å². The number of nitrogens with one attached hydrogen (secondary N) is 1. The van der Waals surface area contributed by atoms with Gasteiger partial charge in [0.05, 0.1) is 12.8 Å². The number of carbonyl (C=O) groups is 1. The van der Waals surface area contributed by atoms with E-state index >= 15 is 0 Å². The third-order valence-corrected chi connectivity index (χ3v) is 3.84. The molecule has 2 aromatic heterocycles. The number of benzene rings is 2. The molecule has 0 aliphatic carbocycles. The Morgan fingerprint density at radius 3 is 2.67 bits per heavy atom. The molecule has 4 aromatic rings. The maximum absolute atomic E-state index is 12.3. The van der Waals surface area contributed by atoms with Crippen LogP contribution in [0.5, 0.6) is 5.75 Å². The lowest BCUT2D eigenvalue weighted by Gasteiger charge is -2.10. The van der Waals surface area contributed by atoms with Gasteiger partial charge in [0.2, 0.25) is 0 Å². The molecule has 0 atom stereocenters. The van der Waals surface area contributed by atoms with E-state index < -0.39 is 0 Å². The molecule has 0 saturated carbocycles. The number of carbonyl (C=O) groups excluding carboxylic acids is 1. The number of pyridine rings is 1. The quantitative estimate of drug-likeness (QED) is 0.613. The molecule has 0 spiro atoms. The predicted octanol–water partition coefficient (Wildman–Crippen LogP) is 4.24. The highest BCUT2D eigenvalue weighted by Gasteiger charge is 2.15. The van der Waals surface area contributed by atoms with Crippen molar-refractivity contribution in [3.8, 4) is 5.75 Å². The number of aromatic nitrogens is 1. The minimum Gasteiger partial charge on any atom is -0.495 e. The molecule has 2 aromatic carbocycles. The first kappa shape index (κ1) is 14.3. The number of anilines is 1. The number of fused-ring (bicyclic) bond motifs is 3. The number of methoxy groups -OCH3 is 1. The fraction of sp³-hybridized carbons (Fsp3) is 0.0526. The highest BCUT2D eigenvalue weighted by molar-refractivity contribution is 6.09. The Balaban J connectivity index is 1.80. The average Bonchev–Trinajstić information content (AvgIpc) is 2.99. The van der Waals surface area contributed by atoms with E-state index in [1.54, 1.807) is 37.6 Å². The van der Waals surface area contributed by atoms with Crippen LogP contribution in [-0.2, 0) is 0 Å². The number of hydrogen-bond donors (Lipinski definition) is 1. The van der Waals surface area contributed by atoms with Crippen molar-refractivity contribution in [2.24, 2.45) is 0 Å². The van der Waals surface area contributed by atoms with Crippen molar-refractivity contribution in [1.29, 1.82) is 0 Å². The molecule has 1 amide bonds. The van der Waals surface area contributed by atoms with Crippen LogP contribution in [0.2, 0.25) is 0 Å². The van der Waals surface area contributed by atoms with Crippen LogP contribution in [0.15, 0.2) is 65.2 Å². The summed E-state index contributed by atoms with van der Waals surface area (Å²) < 4.78 is 11.3. The third kappa shape index (κ3) is 2.36. The SMILES string of the molecule is COc1cc2c(cc1NC(=O)c1ccccn1)oc1ccccc12. The zero-order valence-electron chi connectivity index (χ0n) is 12.9. The summed E-state index contributed by atoms with van der Waals surface area (Å²) in [7, 11) is 1.57. The van der Waals surface area contributed by atoms with Crippen molar-refractivity contribution in [2.45, 2.75) is 0 Å². The molecule has 0 saturated heterocycles. The topological polar surface area (TPSA) is 64.4 Å². The number of ether oxygens (including phenoxy) is 1. The summed E-state index contributed by atoms with van der Waals surface area (Å²) in [6.45, 7) is 0. The summed E-state index contributed by atoms with van der Waals surface area (Å²) in [4.78, 5) is 16.4. The average molecular weight is 318 g/mol. The molecule has 1 N–H and O–H groups in total. The van der Waals surface area contributed by atoms with Gasteiger partial charge in [-0.1, -0.05) is 24.3 Å². The molecule has 118 valence electrons. The van der Waals surface area contributed by atoms with Crippen molar-refractivity contribution in [3.63, 3.8) is 0 Å². The number of nitrogens with zero attached hydrogens (tertiary/aromatic N) is 1. The zero-order chi connectivity index (χ0) is 16.5. The summed E-state index contributed by atoms with van der Waals surface area (Å²) in [5.41, 5.74) is 2.36. The predicted molar refractivity (Wildman–Crippen MR) is 92.5 cm³/mol. The van der Waals surface area contributed by atoms with E-state index in [-0.39, 0.29) is 5.91 Å². The van der Waals surface area contributed by atoms with Gasteiger partial charge in [-0.2, -0.15) is 0 Å². The van der Waals surface area contributed by atoms with Gasteiger partial charge in [-0.05, 0) is 24.3 Å². The van der Waals surface area contributed by atoms with E-state index in [1.807, 2.05) is 30.3 Å². The Labute approximate surface area is 137 Å². The first-order valence-corrected chi connectivity index (χ1v) is 7.48. The fourth-order valence-electron chi connectivity index (χ4n) is 2.70. The molecular weight excluding hydrogens is 304 g/mol. The van der Waals surface area contributed by atoms with Crippen LogP contribution in [0.4, 0.5) is 5.69 Å². The Hall–Kier alpha value is -3.34. The molecule has 24 heavy (non-hydrogen) atoms. The van der Waals surface area contributed by atoms with Crippen LogP contribution >= 0.6 is 0 Å². The van der Waals surface area contributed by atoms with Crippen molar-refractivity contribution in [1.82, 2.24) is 4.98 Å². The van der Waals surface area contributed by atoms with E-state index in [2.05, 4.69) is 10.3 Å². The second kappa shape index (κ2) is 5.70. The summed E-state index contributed by atoms with van der Waals surface area (Å²) >= 11 is 0. The minimum absolute atomic E-state index is 0.302. The van der Waals surface area contributed by atoms with Gasteiger partial charge in [-0.3, -0.25) is 9.78 Å². The lowest BCUT2D eigenvalue weighted by atomic mass is 10.1. The molecule has 0 fully saturated rings. The first-order valence-electron chi connectivity index (χ1n) is 7.48. The molecule has 5 nitrogen and oxygen atoms in total. The monoisotopic (exact) mass is 318 g/mol. The van der Waals surface area contributed by atoms with Crippen LogP contribution < -0.4 is 10.1 Å². The second-order valence-corrected chi connectivity index (χ2v) is 5.32. The number of hydrogen-bond acceptors (Lipinski definition) is 4. The molecule has 0 aliphatic rings. The van der Waals surface area contributed by atoms with Crippen molar-refractivity contribution in [2.75, 3.05) is 12.4 Å². The summed E-state index contributed by atoms with van der Waals surface area (Å²) in [5.74, 6) is 0.266. The van der Waals surface area contributed by atoms with Crippen LogP contribution in [0.1, 0.15) is 10.5 Å². The van der Waals surface area contributed by atoms with Crippen LogP contribution in [-0.4, -0.2) is 18.0 Å². The summed E-state index contributed by atoms with van der Waals surface area (Å²) in [6.07, 6.45) is 1.58. The smallest absolute Gasteiger partial charge is 0.274 e. The van der Waals surface area contributed by atoms with Gasteiger partial charge >= 0.3 is 0 Å². The Kier molecular flexibility index (Phi) is 3.39. The van der Waals surface area contributed by atoms with Gasteiger partial charge in [0, 0.05) is 23.0 Å². The first-order chi connectivity index (χ1) is 11.8. The van der Waals surface area contributed by atoms with E-state index in [0.717, 1.165) is 16.4 Å². The standard InChI is InChI=1S/C19H14N2O3/c1-23-18-10-13-12-6-2-3-8-16(12)24-17(13)11-15(18)21-19(22)14-7-4-5-9-20-14/h2-11H,1H3,(H,21,22). The molecule has 0 aliphatic heterocycles. The summed E-state index contributed by atoms with van der Waals surface area (Å²) in [5, 5.41) is 4.78. The zero-order valence-corrected chi connectivity index (χ0v) is 12.9. The van der Waals surface area contributed by atoms with Crippen LogP contribution in [0.3, 0.4) is 0 Å². The van der Waals surface area contributed by atoms with Crippen molar-refractivity contribution < 1.29 is 13.9 Å². The van der Waals surface area contributed by atoms with E-state index in [1.165, 1.54) is 0 Å². The van der Waals surface area contributed by atoms with E-state index in [0.29, 0.717) is 22.7 Å². The largest absolute Gasteiger partial charge is 0.495 e. The van der Waals surface area contributed by atoms with E-state index in [9.17, 15) is 4.79 Å². The lowest BCUT2D eigenvalue weighted by Crippen LogP contribution is -2.14. The number of para-hydroxylation sites is 1. The van der Waals surface area contributed by atoms with Crippen molar-refractivity contribution >= 4 is 33.5 Å². The maximum Gasteiger partial charge on any atom is 0.274 e. The number of amides is 1. The highest BCUT2D eigenvalue weighted by Crippen LogP contribution is 2.36. The summed E-state index contributed by atoms with van der Waals surface area (Å²) in [6, 6.07) is 16.6. The normalized spacial score (nSPS) is 10.9. The van der Waals surface area contributed by atoms with Crippen LogP contribution in [0.25, 0.3) is 21.9 Å². The van der Waals surface area contributed by atoms with Crippen LogP contribution in [0, 0.1) is 0 Å². The fourth-order valence-corrected chi connectivity index (χ4v) is 2.70. The molecular formula is C19H14N2O3. The van der Waals surface area contributed by atoms with Gasteiger partial charge in [-0.25, -0.2) is 0 Å². The Morgan fingerprint density at radius 2 is 1.88 bits per heavy atom. The molecule has 2 heterocycles. The Bertz CT molecular complexity index is 1040. The lowest BCUT2D eigenvalue weighted by molar-refractivity contribution is 0.102. The van der Waals surface area contributed by atoms with Gasteiger partial charge in [0.15, 0.2) is 0 Å². The minimum atomic E-state index is -0.302. The molecule has 0 radical (unpaired) electrons. The van der Waals surface area contributed by atoms with Gasteiger partial charge in [-0.15, -0.1) is 0 Å². The maximum atomic E-state index is 12.3. The second-order valence-electron chi connectivity index (χ2n) is 5.32. The van der Waals surface area contributed by atoms with Gasteiger partial charge in [0.1, 0.15) is 22.6 Å². The van der Waals surface area contributed by atoms with E-state index in [4.69, 9.17) is 9.15 Å². The van der Waals surface area contributed by atoms with Gasteiger partial charge in [0.25, 0.3) is 5.91 Å². The molecule has 5 heteroatoms. The molecule has 0 unspecified atom stereocenters. The molecule has 4 rings (SSSR count). The van der Waals surface area contributed by atoms with Crippen molar-refractivity contribution in [3.05, 3.63) is 66.5 Å². The Morgan fingerprint density at radius 1 is 1.04 bits per heavy atom. The third-order valence-electron chi connectivity index (χ3n) is 3.84.